The molecular formula is C11H13NS. The predicted octanol–water partition coefficient (Wildman–Crippen LogP) is 2.26. The van der Waals surface area contributed by atoms with E-state index in [1.165, 1.54) is 10.5 Å². The highest BCUT2D eigenvalue weighted by atomic mass is 32.2. The van der Waals surface area contributed by atoms with Gasteiger partial charge in [0.05, 0.1) is 5.75 Å². The molecule has 0 aliphatic rings. The van der Waals surface area contributed by atoms with Gasteiger partial charge in [0.15, 0.2) is 0 Å². The monoisotopic (exact) mass is 191 g/mol. The predicted molar refractivity (Wildman–Crippen MR) is 58.5 cm³/mol. The van der Waals surface area contributed by atoms with Crippen LogP contribution in [0.1, 0.15) is 12.5 Å². The minimum absolute atomic E-state index is 0.611. The molecule has 0 radical (unpaired) electrons. The van der Waals surface area contributed by atoms with E-state index in [0.717, 1.165) is 5.75 Å². The van der Waals surface area contributed by atoms with E-state index in [1.807, 2.05) is 6.92 Å². The molecule has 0 aliphatic carbocycles. The van der Waals surface area contributed by atoms with Crippen molar-refractivity contribution in [2.24, 2.45) is 5.73 Å². The second-order valence-electron chi connectivity index (χ2n) is 2.56. The Morgan fingerprint density at radius 3 is 2.54 bits per heavy atom. The molecule has 1 rings (SSSR count). The van der Waals surface area contributed by atoms with Crippen LogP contribution in [-0.4, -0.2) is 5.75 Å². The Balaban J connectivity index is 2.52. The highest BCUT2D eigenvalue weighted by molar-refractivity contribution is 7.99. The quantitative estimate of drug-likeness (QED) is 0.586. The van der Waals surface area contributed by atoms with Gasteiger partial charge in [0.1, 0.15) is 0 Å². The smallest absolute Gasteiger partial charge is 0.0594 e. The first kappa shape index (κ1) is 10.2. The van der Waals surface area contributed by atoms with Crippen LogP contribution in [0.15, 0.2) is 29.2 Å². The Labute approximate surface area is 83.7 Å². The molecule has 0 aromatic heterocycles. The van der Waals surface area contributed by atoms with E-state index in [0.29, 0.717) is 6.54 Å². The summed E-state index contributed by atoms with van der Waals surface area (Å²) in [7, 11) is 0. The first-order valence-electron chi connectivity index (χ1n) is 4.18. The van der Waals surface area contributed by atoms with Crippen LogP contribution in [0.2, 0.25) is 0 Å². The van der Waals surface area contributed by atoms with Crippen LogP contribution in [-0.2, 0) is 6.54 Å². The van der Waals surface area contributed by atoms with Crippen LogP contribution >= 0.6 is 11.8 Å². The number of hydrogen-bond acceptors (Lipinski definition) is 2. The van der Waals surface area contributed by atoms with E-state index in [2.05, 4.69) is 36.1 Å². The van der Waals surface area contributed by atoms with Crippen molar-refractivity contribution < 1.29 is 0 Å². The first-order chi connectivity index (χ1) is 6.36. The van der Waals surface area contributed by atoms with Gasteiger partial charge >= 0.3 is 0 Å². The highest BCUT2D eigenvalue weighted by Gasteiger charge is 1.92. The first-order valence-corrected chi connectivity index (χ1v) is 5.17. The van der Waals surface area contributed by atoms with Crippen molar-refractivity contribution in [1.82, 2.24) is 0 Å². The van der Waals surface area contributed by atoms with Gasteiger partial charge in [-0.25, -0.2) is 0 Å². The Morgan fingerprint density at radius 2 is 2.00 bits per heavy atom. The maximum absolute atomic E-state index is 5.49. The fourth-order valence-electron chi connectivity index (χ4n) is 0.913. The van der Waals surface area contributed by atoms with E-state index < -0.39 is 0 Å². The molecule has 1 aromatic carbocycles. The van der Waals surface area contributed by atoms with Crippen molar-refractivity contribution >= 4 is 11.8 Å². The molecule has 0 saturated heterocycles. The summed E-state index contributed by atoms with van der Waals surface area (Å²) in [4.78, 5) is 1.25. The lowest BCUT2D eigenvalue weighted by Gasteiger charge is -1.99. The van der Waals surface area contributed by atoms with Gasteiger partial charge in [-0.05, 0) is 24.6 Å². The van der Waals surface area contributed by atoms with Crippen molar-refractivity contribution in [2.75, 3.05) is 5.75 Å². The van der Waals surface area contributed by atoms with Crippen molar-refractivity contribution in [2.45, 2.75) is 18.4 Å². The number of thioether (sulfide) groups is 1. The highest BCUT2D eigenvalue weighted by Crippen LogP contribution is 2.17. The summed E-state index contributed by atoms with van der Waals surface area (Å²) in [5, 5.41) is 0. The fraction of sp³-hybridized carbons (Fsp3) is 0.273. The minimum atomic E-state index is 0.611. The third kappa shape index (κ3) is 3.54. The average molecular weight is 191 g/mol. The number of benzene rings is 1. The molecule has 68 valence electrons. The SMILES string of the molecule is CC#CCSc1ccc(CN)cc1. The summed E-state index contributed by atoms with van der Waals surface area (Å²) in [5.41, 5.74) is 6.66. The molecule has 0 atom stereocenters. The van der Waals surface area contributed by atoms with E-state index in [-0.39, 0.29) is 0 Å². The Hall–Kier alpha value is -0.910. The third-order valence-electron chi connectivity index (χ3n) is 1.65. The number of hydrogen-bond donors (Lipinski definition) is 1. The summed E-state index contributed by atoms with van der Waals surface area (Å²) in [6, 6.07) is 8.29. The molecular weight excluding hydrogens is 178 g/mol. The molecule has 0 amide bonds. The summed E-state index contributed by atoms with van der Waals surface area (Å²) in [6.45, 7) is 2.47. The molecule has 0 fully saturated rings. The normalized spacial score (nSPS) is 9.08. The summed E-state index contributed by atoms with van der Waals surface area (Å²) >= 11 is 1.75. The molecule has 0 bridgehead atoms. The third-order valence-corrected chi connectivity index (χ3v) is 2.54. The number of nitrogens with two attached hydrogens (primary N) is 1. The van der Waals surface area contributed by atoms with Gasteiger partial charge in [-0.3, -0.25) is 0 Å². The van der Waals surface area contributed by atoms with Crippen molar-refractivity contribution in [3.63, 3.8) is 0 Å². The van der Waals surface area contributed by atoms with Crippen molar-refractivity contribution in [1.29, 1.82) is 0 Å². The van der Waals surface area contributed by atoms with Gasteiger partial charge in [0.2, 0.25) is 0 Å². The molecule has 13 heavy (non-hydrogen) atoms. The van der Waals surface area contributed by atoms with Gasteiger partial charge in [-0.1, -0.05) is 18.1 Å². The molecule has 1 nitrogen and oxygen atoms in total. The summed E-state index contributed by atoms with van der Waals surface area (Å²) in [6.07, 6.45) is 0. The molecule has 0 spiro atoms. The molecule has 0 aliphatic heterocycles. The second kappa shape index (κ2) is 5.69. The van der Waals surface area contributed by atoms with Gasteiger partial charge in [0.25, 0.3) is 0 Å². The van der Waals surface area contributed by atoms with Gasteiger partial charge in [-0.15, -0.1) is 17.7 Å². The minimum Gasteiger partial charge on any atom is -0.326 e. The van der Waals surface area contributed by atoms with Gasteiger partial charge in [0, 0.05) is 11.4 Å². The van der Waals surface area contributed by atoms with E-state index >= 15 is 0 Å². The lowest BCUT2D eigenvalue weighted by molar-refractivity contribution is 1.07. The van der Waals surface area contributed by atoms with Crippen molar-refractivity contribution in [3.8, 4) is 11.8 Å². The maximum Gasteiger partial charge on any atom is 0.0594 e. The molecule has 0 heterocycles. The molecule has 1 aromatic rings. The standard InChI is InChI=1S/C11H13NS/c1-2-3-8-13-11-6-4-10(9-12)5-7-11/h4-7H,8-9,12H2,1H3. The summed E-state index contributed by atoms with van der Waals surface area (Å²) < 4.78 is 0. The fourth-order valence-corrected chi connectivity index (χ4v) is 1.63. The van der Waals surface area contributed by atoms with Crippen LogP contribution in [0, 0.1) is 11.8 Å². The van der Waals surface area contributed by atoms with E-state index in [9.17, 15) is 0 Å². The molecule has 2 N–H and O–H groups in total. The Morgan fingerprint density at radius 1 is 1.31 bits per heavy atom. The van der Waals surface area contributed by atoms with Gasteiger partial charge in [-0.2, -0.15) is 0 Å². The zero-order chi connectivity index (χ0) is 9.52. The number of rotatable bonds is 3. The topological polar surface area (TPSA) is 26.0 Å². The van der Waals surface area contributed by atoms with E-state index in [4.69, 9.17) is 5.73 Å². The zero-order valence-electron chi connectivity index (χ0n) is 7.71. The Bertz CT molecular complexity index is 305. The van der Waals surface area contributed by atoms with Gasteiger partial charge < -0.3 is 5.73 Å². The van der Waals surface area contributed by atoms with Crippen LogP contribution in [0.3, 0.4) is 0 Å². The van der Waals surface area contributed by atoms with E-state index in [1.54, 1.807) is 11.8 Å². The Kier molecular flexibility index (Phi) is 4.45. The summed E-state index contributed by atoms with van der Waals surface area (Å²) in [5.74, 6) is 6.74. The molecule has 0 unspecified atom stereocenters. The maximum atomic E-state index is 5.49. The second-order valence-corrected chi connectivity index (χ2v) is 3.61. The van der Waals surface area contributed by atoms with Crippen LogP contribution < -0.4 is 5.73 Å². The average Bonchev–Trinajstić information content (AvgIpc) is 2.19. The van der Waals surface area contributed by atoms with Crippen molar-refractivity contribution in [3.05, 3.63) is 29.8 Å². The molecule has 0 saturated carbocycles. The largest absolute Gasteiger partial charge is 0.326 e. The van der Waals surface area contributed by atoms with Crippen LogP contribution in [0.5, 0.6) is 0 Å². The lowest BCUT2D eigenvalue weighted by Crippen LogP contribution is -1.94. The van der Waals surface area contributed by atoms with Crippen LogP contribution in [0.25, 0.3) is 0 Å². The van der Waals surface area contributed by atoms with Crippen LogP contribution in [0.4, 0.5) is 0 Å². The molecule has 2 heteroatoms. The lowest BCUT2D eigenvalue weighted by atomic mass is 10.2. The zero-order valence-corrected chi connectivity index (χ0v) is 8.53.